The molecule has 2 N–H and O–H groups in total. The Hall–Kier alpha value is -6.04. The van der Waals surface area contributed by atoms with Gasteiger partial charge in [0.25, 0.3) is 6.43 Å². The van der Waals surface area contributed by atoms with Crippen molar-refractivity contribution >= 4 is 57.9 Å². The molecular formula is C56H69F2N11O5. The van der Waals surface area contributed by atoms with Crippen LogP contribution in [-0.2, 0) is 29.4 Å². The quantitative estimate of drug-likeness (QED) is 0.146. The molecule has 18 heteroatoms. The Morgan fingerprint density at radius 1 is 0.797 bits per heavy atom. The molecule has 4 aromatic rings. The number of alkyl halides is 2. The number of benzene rings is 1. The van der Waals surface area contributed by atoms with E-state index in [-0.39, 0.29) is 80.7 Å². The number of aromatic nitrogens is 4. The van der Waals surface area contributed by atoms with E-state index in [2.05, 4.69) is 66.9 Å². The lowest BCUT2D eigenvalue weighted by atomic mass is 9.72. The van der Waals surface area contributed by atoms with Crippen molar-refractivity contribution in [2.24, 2.45) is 11.3 Å². The number of rotatable bonds is 11. The van der Waals surface area contributed by atoms with Crippen LogP contribution in [0, 0.1) is 11.3 Å². The zero-order valence-corrected chi connectivity index (χ0v) is 42.7. The second-order valence-electron chi connectivity index (χ2n) is 23.0. The van der Waals surface area contributed by atoms with Crippen LogP contribution in [0.4, 0.5) is 26.1 Å². The summed E-state index contributed by atoms with van der Waals surface area (Å²) in [6.07, 6.45) is 10.7. The fourth-order valence-electron chi connectivity index (χ4n) is 13.5. The van der Waals surface area contributed by atoms with Crippen molar-refractivity contribution in [1.82, 2.24) is 39.5 Å². The van der Waals surface area contributed by atoms with Gasteiger partial charge >= 0.3 is 0 Å². The van der Waals surface area contributed by atoms with E-state index in [1.54, 1.807) is 16.0 Å². The van der Waals surface area contributed by atoms with E-state index in [1.807, 2.05) is 24.5 Å². The number of likely N-dealkylation sites (tertiary alicyclic amines) is 3. The molecule has 392 valence electrons. The highest BCUT2D eigenvalue weighted by atomic mass is 19.3. The summed E-state index contributed by atoms with van der Waals surface area (Å²) in [4.78, 5) is 92.4. The number of halogens is 2. The predicted octanol–water partition coefficient (Wildman–Crippen LogP) is 7.18. The minimum absolute atomic E-state index is 0.0391. The minimum atomic E-state index is -2.90. The molecule has 7 fully saturated rings. The Kier molecular flexibility index (Phi) is 12.7. The SMILES string of the molecule is CC(C)n1cnc2cc(-c3ccc4c(c3)N(C3CC(N5CCCCC5)C3)C(=O)C43CCN(C(=O)C4(C(F)F)CCN(C(=O)C5CCN(c6ccc(C7CCC(=O)NC7=O)cn6)CC5)CC4)CC3)nc(NC3CC3)c21. The number of anilines is 3. The number of pyridine rings is 2. The number of amides is 5. The first-order valence-corrected chi connectivity index (χ1v) is 27.6. The number of nitrogens with zero attached hydrogens (tertiary/aromatic N) is 9. The van der Waals surface area contributed by atoms with E-state index in [1.165, 1.54) is 19.3 Å². The lowest BCUT2D eigenvalue weighted by Gasteiger charge is -2.48. The van der Waals surface area contributed by atoms with Crippen LogP contribution in [0.3, 0.4) is 0 Å². The third-order valence-electron chi connectivity index (χ3n) is 18.4. The second kappa shape index (κ2) is 19.3. The summed E-state index contributed by atoms with van der Waals surface area (Å²) < 4.78 is 33.1. The summed E-state index contributed by atoms with van der Waals surface area (Å²) in [5, 5.41) is 6.06. The number of imide groups is 1. The number of nitrogens with one attached hydrogen (secondary N) is 2. The van der Waals surface area contributed by atoms with Gasteiger partial charge in [0, 0.05) is 93.2 Å². The summed E-state index contributed by atoms with van der Waals surface area (Å²) >= 11 is 0. The molecule has 1 atom stereocenters. The highest BCUT2D eigenvalue weighted by Gasteiger charge is 2.58. The molecule has 1 unspecified atom stereocenters. The maximum absolute atomic E-state index is 15.5. The largest absolute Gasteiger partial charge is 0.366 e. The first kappa shape index (κ1) is 48.9. The normalized spacial score (nSPS) is 25.5. The molecule has 5 amide bonds. The van der Waals surface area contributed by atoms with Crippen LogP contribution in [0.2, 0.25) is 0 Å². The fraction of sp³-hybridized carbons (Fsp3) is 0.607. The van der Waals surface area contributed by atoms with E-state index in [4.69, 9.17) is 9.97 Å². The molecule has 0 radical (unpaired) electrons. The first-order valence-electron chi connectivity index (χ1n) is 27.6. The van der Waals surface area contributed by atoms with Crippen molar-refractivity contribution in [3.8, 4) is 11.3 Å². The summed E-state index contributed by atoms with van der Waals surface area (Å²) in [5.74, 6) is -0.272. The molecule has 6 aliphatic heterocycles. The van der Waals surface area contributed by atoms with Gasteiger partial charge in [-0.25, -0.2) is 23.7 Å². The van der Waals surface area contributed by atoms with Crippen LogP contribution in [-0.4, -0.2) is 141 Å². The monoisotopic (exact) mass is 1010 g/mol. The molecule has 5 saturated heterocycles. The number of hydrogen-bond donors (Lipinski definition) is 2. The summed E-state index contributed by atoms with van der Waals surface area (Å²) in [6, 6.07) is 13.1. The highest BCUT2D eigenvalue weighted by molar-refractivity contribution is 6.09. The zero-order valence-electron chi connectivity index (χ0n) is 42.7. The van der Waals surface area contributed by atoms with Crippen molar-refractivity contribution in [1.29, 1.82) is 0 Å². The Bertz CT molecular complexity index is 2830. The first-order chi connectivity index (χ1) is 35.8. The van der Waals surface area contributed by atoms with Gasteiger partial charge in [-0.2, -0.15) is 0 Å². The number of carbonyl (C=O) groups excluding carboxylic acids is 5. The van der Waals surface area contributed by atoms with Gasteiger partial charge in [0.05, 0.1) is 28.9 Å². The zero-order chi connectivity index (χ0) is 51.0. The third-order valence-corrected chi connectivity index (χ3v) is 18.4. The van der Waals surface area contributed by atoms with E-state index in [0.29, 0.717) is 63.7 Å². The average molecular weight is 1010 g/mol. The van der Waals surface area contributed by atoms with Gasteiger partial charge in [-0.15, -0.1) is 0 Å². The van der Waals surface area contributed by atoms with Gasteiger partial charge in [-0.05, 0) is 140 Å². The molecular weight excluding hydrogens is 945 g/mol. The molecule has 74 heavy (non-hydrogen) atoms. The smallest absolute Gasteiger partial charge is 0.253 e. The predicted molar refractivity (Wildman–Crippen MR) is 276 cm³/mol. The number of imidazole rings is 1. The average Bonchev–Trinajstić information content (AvgIpc) is 4.11. The van der Waals surface area contributed by atoms with Gasteiger partial charge in [-0.1, -0.05) is 24.6 Å². The van der Waals surface area contributed by atoms with Crippen LogP contribution < -0.4 is 20.4 Å². The van der Waals surface area contributed by atoms with Gasteiger partial charge < -0.3 is 34.4 Å². The lowest BCUT2D eigenvalue weighted by molar-refractivity contribution is -0.163. The van der Waals surface area contributed by atoms with Gasteiger partial charge in [0.15, 0.2) is 5.82 Å². The van der Waals surface area contributed by atoms with Gasteiger partial charge in [0.2, 0.25) is 29.5 Å². The van der Waals surface area contributed by atoms with Gasteiger partial charge in [0.1, 0.15) is 16.7 Å². The van der Waals surface area contributed by atoms with Crippen molar-refractivity contribution < 1.29 is 32.8 Å². The maximum Gasteiger partial charge on any atom is 0.253 e. The Morgan fingerprint density at radius 2 is 1.53 bits per heavy atom. The van der Waals surface area contributed by atoms with Gasteiger partial charge in [-0.3, -0.25) is 29.3 Å². The fourth-order valence-corrected chi connectivity index (χ4v) is 13.5. The van der Waals surface area contributed by atoms with Crippen LogP contribution in [0.15, 0.2) is 48.9 Å². The Labute approximate surface area is 431 Å². The van der Waals surface area contributed by atoms with E-state index in [0.717, 1.165) is 89.5 Å². The standard InChI is InChI=1S/C56H69F2N11O5/c1-34(2)68-33-60-44-31-43(62-49(48(44)68)61-38-8-9-38)36-6-11-42-45(28-36)69(40-29-39(30-40)64-20-4-3-5-21-64)54(74)55(42)16-26-67(27-17-55)53(73)56(52(57)58)18-24-66(25-19-56)51(72)35-14-22-65(23-15-35)46-12-7-37(32-59-46)41-10-13-47(70)63-50(41)71/h6-7,11-12,28,31-35,38-41,52H,3-5,8-10,13-27,29-30H2,1-2H3,(H,61,62)(H,63,70,71). The summed E-state index contributed by atoms with van der Waals surface area (Å²) in [5.41, 5.74) is 3.34. The summed E-state index contributed by atoms with van der Waals surface area (Å²) in [6.45, 7) is 8.21. The van der Waals surface area contributed by atoms with Crippen LogP contribution in [0.1, 0.15) is 133 Å². The van der Waals surface area contributed by atoms with Crippen molar-refractivity contribution in [2.75, 3.05) is 67.5 Å². The molecule has 2 saturated carbocycles. The van der Waals surface area contributed by atoms with E-state index >= 15 is 13.6 Å². The third kappa shape index (κ3) is 8.59. The van der Waals surface area contributed by atoms with Crippen LogP contribution >= 0.6 is 0 Å². The minimum Gasteiger partial charge on any atom is -0.366 e. The molecule has 0 bridgehead atoms. The van der Waals surface area contributed by atoms with Crippen LogP contribution in [0.25, 0.3) is 22.3 Å². The summed E-state index contributed by atoms with van der Waals surface area (Å²) in [7, 11) is 0. The maximum atomic E-state index is 15.5. The molecule has 12 rings (SSSR count). The highest BCUT2D eigenvalue weighted by Crippen LogP contribution is 2.53. The number of hydrogen-bond acceptors (Lipinski definition) is 11. The Morgan fingerprint density at radius 3 is 2.19 bits per heavy atom. The van der Waals surface area contributed by atoms with Crippen molar-refractivity contribution in [3.63, 3.8) is 0 Å². The molecule has 8 aliphatic rings. The lowest BCUT2D eigenvalue weighted by Crippen LogP contribution is -2.60. The van der Waals surface area contributed by atoms with E-state index in [9.17, 15) is 19.2 Å². The molecule has 16 nitrogen and oxygen atoms in total. The number of carbonyl (C=O) groups is 5. The molecule has 1 aromatic carbocycles. The molecule has 1 spiro atoms. The topological polar surface area (TPSA) is 169 Å². The number of fused-ring (bicyclic) bond motifs is 3. The number of piperidine rings is 5. The van der Waals surface area contributed by atoms with Crippen molar-refractivity contribution in [2.45, 2.75) is 152 Å². The Balaban J connectivity index is 0.723. The van der Waals surface area contributed by atoms with Crippen LogP contribution in [0.5, 0.6) is 0 Å². The molecule has 2 aliphatic carbocycles. The second-order valence-corrected chi connectivity index (χ2v) is 23.0. The van der Waals surface area contributed by atoms with E-state index < -0.39 is 29.1 Å². The van der Waals surface area contributed by atoms with Crippen molar-refractivity contribution in [3.05, 3.63) is 60.0 Å². The molecule has 3 aromatic heterocycles. The molecule has 9 heterocycles.